The lowest BCUT2D eigenvalue weighted by atomic mass is 10.0. The van der Waals surface area contributed by atoms with Crippen LogP contribution in [0.1, 0.15) is 11.1 Å². The Morgan fingerprint density at radius 1 is 1.25 bits per heavy atom. The zero-order chi connectivity index (χ0) is 11.3. The minimum Gasteiger partial charge on any atom is -0.258 e. The van der Waals surface area contributed by atoms with Crippen LogP contribution in [-0.2, 0) is 12.8 Å². The third-order valence-electron chi connectivity index (χ3n) is 3.10. The molecule has 2 aromatic carbocycles. The first-order valence-electron chi connectivity index (χ1n) is 5.06. The number of hydrogen-bond acceptors (Lipinski definition) is 2. The van der Waals surface area contributed by atoms with Gasteiger partial charge in [0.1, 0.15) is 4.47 Å². The molecule has 2 aromatic rings. The second-order valence-electron chi connectivity index (χ2n) is 3.97. The average Bonchev–Trinajstić information content (AvgIpc) is 2.67. The van der Waals surface area contributed by atoms with E-state index in [4.69, 9.17) is 0 Å². The van der Waals surface area contributed by atoms with Gasteiger partial charge in [0.15, 0.2) is 0 Å². The third-order valence-corrected chi connectivity index (χ3v) is 3.94. The number of hydrogen-bond donors (Lipinski definition) is 0. The summed E-state index contributed by atoms with van der Waals surface area (Å²) >= 11 is 3.34. The van der Waals surface area contributed by atoms with E-state index < -0.39 is 0 Å². The van der Waals surface area contributed by atoms with E-state index in [1.165, 1.54) is 10.9 Å². The number of nitro benzene ring substituents is 1. The second-order valence-corrected chi connectivity index (χ2v) is 4.76. The molecule has 0 radical (unpaired) electrons. The average molecular weight is 278 g/mol. The normalized spacial score (nSPS) is 13.3. The summed E-state index contributed by atoms with van der Waals surface area (Å²) in [6.07, 6.45) is 1.89. The van der Waals surface area contributed by atoms with Gasteiger partial charge in [-0.1, -0.05) is 18.2 Å². The van der Waals surface area contributed by atoms with Crippen molar-refractivity contribution < 1.29 is 4.92 Å². The van der Waals surface area contributed by atoms with E-state index >= 15 is 0 Å². The zero-order valence-electron chi connectivity index (χ0n) is 8.37. The molecule has 0 fully saturated rings. The lowest BCUT2D eigenvalue weighted by Crippen LogP contribution is -1.92. The summed E-state index contributed by atoms with van der Waals surface area (Å²) in [6, 6.07) is 7.69. The summed E-state index contributed by atoms with van der Waals surface area (Å²) in [5.41, 5.74) is 2.56. The molecule has 0 N–H and O–H groups in total. The molecule has 80 valence electrons. The molecule has 1 aliphatic rings. The lowest BCUT2D eigenvalue weighted by molar-refractivity contribution is -0.385. The highest BCUT2D eigenvalue weighted by molar-refractivity contribution is 9.10. The molecular weight excluding hydrogens is 270 g/mol. The van der Waals surface area contributed by atoms with Gasteiger partial charge in [-0.3, -0.25) is 10.1 Å². The molecule has 0 spiro atoms. The van der Waals surface area contributed by atoms with Crippen molar-refractivity contribution in [1.82, 2.24) is 0 Å². The van der Waals surface area contributed by atoms with Crippen LogP contribution in [-0.4, -0.2) is 4.92 Å². The van der Waals surface area contributed by atoms with E-state index in [2.05, 4.69) is 22.0 Å². The molecular formula is C12H8BrNO2. The van der Waals surface area contributed by atoms with Gasteiger partial charge in [-0.25, -0.2) is 0 Å². The molecule has 0 bridgehead atoms. The number of benzene rings is 2. The Labute approximate surface area is 100 Å². The molecule has 0 unspecified atom stereocenters. The molecule has 16 heavy (non-hydrogen) atoms. The summed E-state index contributed by atoms with van der Waals surface area (Å²) in [5.74, 6) is 0. The smallest absolute Gasteiger partial charge is 0.258 e. The number of nitrogens with zero attached hydrogens (tertiary/aromatic N) is 1. The van der Waals surface area contributed by atoms with Gasteiger partial charge in [0, 0.05) is 11.5 Å². The summed E-state index contributed by atoms with van der Waals surface area (Å²) in [7, 11) is 0. The van der Waals surface area contributed by atoms with Crippen LogP contribution in [0.2, 0.25) is 0 Å². The molecule has 0 saturated carbocycles. The zero-order valence-corrected chi connectivity index (χ0v) is 9.95. The Balaban J connectivity index is 2.48. The Morgan fingerprint density at radius 3 is 2.75 bits per heavy atom. The van der Waals surface area contributed by atoms with Crippen LogP contribution in [0.4, 0.5) is 5.69 Å². The highest BCUT2D eigenvalue weighted by Gasteiger charge is 2.22. The molecule has 0 heterocycles. The minimum atomic E-state index is -0.328. The van der Waals surface area contributed by atoms with Crippen LogP contribution in [0, 0.1) is 10.1 Å². The van der Waals surface area contributed by atoms with Crippen molar-refractivity contribution in [2.45, 2.75) is 12.8 Å². The predicted molar refractivity (Wildman–Crippen MR) is 65.7 cm³/mol. The summed E-state index contributed by atoms with van der Waals surface area (Å²) in [5, 5.41) is 13.1. The Morgan fingerprint density at radius 2 is 2.00 bits per heavy atom. The molecule has 0 saturated heterocycles. The highest BCUT2D eigenvalue weighted by atomic mass is 79.9. The maximum Gasteiger partial charge on any atom is 0.284 e. The Bertz CT molecular complexity index is 622. The number of nitro groups is 1. The number of aryl methyl sites for hydroxylation is 2. The summed E-state index contributed by atoms with van der Waals surface area (Å²) < 4.78 is 0.597. The SMILES string of the molecule is O=[N+]([O-])c1cc2c3c(cccc3c1Br)CC2. The van der Waals surface area contributed by atoms with Crippen LogP contribution in [0.5, 0.6) is 0 Å². The standard InChI is InChI=1S/C12H8BrNO2/c13-12-9-3-1-2-7-4-5-8(11(7)9)6-10(12)14(15)16/h1-3,6H,4-5H2. The number of halogens is 1. The Hall–Kier alpha value is -1.42. The quantitative estimate of drug-likeness (QED) is 0.590. The van der Waals surface area contributed by atoms with Crippen LogP contribution in [0.25, 0.3) is 10.8 Å². The van der Waals surface area contributed by atoms with Crippen molar-refractivity contribution in [3.8, 4) is 0 Å². The topological polar surface area (TPSA) is 43.1 Å². The molecule has 0 amide bonds. The predicted octanol–water partition coefficient (Wildman–Crippen LogP) is 3.61. The van der Waals surface area contributed by atoms with Crippen LogP contribution < -0.4 is 0 Å². The van der Waals surface area contributed by atoms with Crippen LogP contribution in [0.15, 0.2) is 28.7 Å². The van der Waals surface area contributed by atoms with Crippen molar-refractivity contribution in [3.05, 3.63) is 50.0 Å². The van der Waals surface area contributed by atoms with Gasteiger partial charge >= 0.3 is 0 Å². The molecule has 0 aliphatic heterocycles. The highest BCUT2D eigenvalue weighted by Crippen LogP contribution is 2.40. The van der Waals surface area contributed by atoms with Crippen LogP contribution >= 0.6 is 15.9 Å². The van der Waals surface area contributed by atoms with Crippen molar-refractivity contribution in [1.29, 1.82) is 0 Å². The largest absolute Gasteiger partial charge is 0.284 e. The van der Waals surface area contributed by atoms with Crippen LogP contribution in [0.3, 0.4) is 0 Å². The molecule has 1 aliphatic carbocycles. The first-order valence-corrected chi connectivity index (χ1v) is 5.85. The maximum atomic E-state index is 10.9. The van der Waals surface area contributed by atoms with Gasteiger partial charge in [-0.05, 0) is 45.3 Å². The van der Waals surface area contributed by atoms with E-state index in [0.29, 0.717) is 4.47 Å². The van der Waals surface area contributed by atoms with E-state index in [1.807, 2.05) is 12.1 Å². The summed E-state index contributed by atoms with van der Waals surface area (Å²) in [6.45, 7) is 0. The fourth-order valence-corrected chi connectivity index (χ4v) is 3.00. The first kappa shape index (κ1) is 9.78. The molecule has 3 nitrogen and oxygen atoms in total. The van der Waals surface area contributed by atoms with Gasteiger partial charge in [-0.2, -0.15) is 0 Å². The van der Waals surface area contributed by atoms with Crippen molar-refractivity contribution in [2.75, 3.05) is 0 Å². The monoisotopic (exact) mass is 277 g/mol. The van der Waals surface area contributed by atoms with Gasteiger partial charge in [0.2, 0.25) is 0 Å². The van der Waals surface area contributed by atoms with Gasteiger partial charge in [0.05, 0.1) is 4.92 Å². The van der Waals surface area contributed by atoms with Gasteiger partial charge in [0.25, 0.3) is 5.69 Å². The van der Waals surface area contributed by atoms with Gasteiger partial charge < -0.3 is 0 Å². The molecule has 4 heteroatoms. The lowest BCUT2D eigenvalue weighted by Gasteiger charge is -2.04. The molecule has 3 rings (SSSR count). The van der Waals surface area contributed by atoms with Crippen molar-refractivity contribution >= 4 is 32.4 Å². The second kappa shape index (κ2) is 3.28. The van der Waals surface area contributed by atoms with Crippen molar-refractivity contribution in [3.63, 3.8) is 0 Å². The van der Waals surface area contributed by atoms with E-state index in [9.17, 15) is 10.1 Å². The van der Waals surface area contributed by atoms with E-state index in [0.717, 1.165) is 23.8 Å². The fraction of sp³-hybridized carbons (Fsp3) is 0.167. The Kier molecular flexibility index (Phi) is 2.01. The molecule has 0 atom stereocenters. The first-order chi connectivity index (χ1) is 7.68. The van der Waals surface area contributed by atoms with E-state index in [1.54, 1.807) is 6.07 Å². The van der Waals surface area contributed by atoms with E-state index in [-0.39, 0.29) is 10.6 Å². The number of rotatable bonds is 1. The van der Waals surface area contributed by atoms with Crippen molar-refractivity contribution in [2.24, 2.45) is 0 Å². The maximum absolute atomic E-state index is 10.9. The summed E-state index contributed by atoms with van der Waals surface area (Å²) in [4.78, 5) is 10.6. The molecule has 0 aromatic heterocycles. The fourth-order valence-electron chi connectivity index (χ4n) is 2.41. The van der Waals surface area contributed by atoms with Gasteiger partial charge in [-0.15, -0.1) is 0 Å². The third kappa shape index (κ3) is 1.19. The minimum absolute atomic E-state index is 0.168.